The highest BCUT2D eigenvalue weighted by molar-refractivity contribution is 7.89. The number of hydrogen-bond donors (Lipinski definition) is 1. The molecule has 0 bridgehead atoms. The minimum atomic E-state index is -3.90. The second kappa shape index (κ2) is 5.44. The van der Waals surface area contributed by atoms with E-state index in [1.54, 1.807) is 6.20 Å². The Morgan fingerprint density at radius 2 is 2.09 bits per heavy atom. The summed E-state index contributed by atoms with van der Waals surface area (Å²) in [6.07, 6.45) is 2.96. The minimum Gasteiger partial charge on any atom is -0.345 e. The standard InChI is InChI=1S/C14H15F2N3O2S/c1-9-8-17-14(18-9)13-3-2-6-19(13)22(20,21)10-4-5-11(15)12(16)7-10/h4-5,7-8,13H,2-3,6H2,1H3,(H,17,18)/t13-/m1/s1. The molecule has 0 spiro atoms. The highest BCUT2D eigenvalue weighted by Gasteiger charge is 2.37. The third-order valence-corrected chi connectivity index (χ3v) is 5.64. The van der Waals surface area contributed by atoms with Crippen LogP contribution in [-0.2, 0) is 10.0 Å². The Kier molecular flexibility index (Phi) is 3.73. The molecule has 2 heterocycles. The Morgan fingerprint density at radius 3 is 2.73 bits per heavy atom. The summed E-state index contributed by atoms with van der Waals surface area (Å²) in [6, 6.07) is 2.21. The molecule has 1 aliphatic rings. The van der Waals surface area contributed by atoms with E-state index >= 15 is 0 Å². The average molecular weight is 327 g/mol. The van der Waals surface area contributed by atoms with Gasteiger partial charge in [0.05, 0.1) is 10.9 Å². The van der Waals surface area contributed by atoms with Crippen LogP contribution in [0.3, 0.4) is 0 Å². The second-order valence-corrected chi connectivity index (χ2v) is 7.19. The molecule has 8 heteroatoms. The van der Waals surface area contributed by atoms with Crippen LogP contribution in [0.2, 0.25) is 0 Å². The number of rotatable bonds is 3. The maximum atomic E-state index is 13.3. The van der Waals surface area contributed by atoms with Crippen LogP contribution < -0.4 is 0 Å². The molecule has 3 rings (SSSR count). The smallest absolute Gasteiger partial charge is 0.243 e. The first-order valence-corrected chi connectivity index (χ1v) is 8.32. The van der Waals surface area contributed by atoms with Gasteiger partial charge in [-0.15, -0.1) is 0 Å². The fourth-order valence-corrected chi connectivity index (χ4v) is 4.35. The second-order valence-electron chi connectivity index (χ2n) is 5.30. The molecule has 0 aliphatic carbocycles. The zero-order chi connectivity index (χ0) is 15.9. The number of H-pyrrole nitrogens is 1. The van der Waals surface area contributed by atoms with Crippen LogP contribution in [0.5, 0.6) is 0 Å². The first-order chi connectivity index (χ1) is 10.4. The summed E-state index contributed by atoms with van der Waals surface area (Å²) in [4.78, 5) is 6.98. The monoisotopic (exact) mass is 327 g/mol. The number of nitrogens with one attached hydrogen (secondary N) is 1. The van der Waals surface area contributed by atoms with Crippen molar-refractivity contribution in [1.29, 1.82) is 0 Å². The lowest BCUT2D eigenvalue weighted by atomic mass is 10.2. The van der Waals surface area contributed by atoms with Crippen LogP contribution in [0, 0.1) is 18.6 Å². The third kappa shape index (κ3) is 2.52. The fraction of sp³-hybridized carbons (Fsp3) is 0.357. The van der Waals surface area contributed by atoms with Crippen LogP contribution >= 0.6 is 0 Å². The molecule has 1 saturated heterocycles. The van der Waals surface area contributed by atoms with Gasteiger partial charge in [-0.2, -0.15) is 4.31 Å². The van der Waals surface area contributed by atoms with Crippen LogP contribution in [0.1, 0.15) is 30.4 Å². The zero-order valence-corrected chi connectivity index (χ0v) is 12.7. The SMILES string of the molecule is Cc1cnc([C@H]2CCCN2S(=O)(=O)c2ccc(F)c(F)c2)[nH]1. The van der Waals surface area contributed by atoms with Gasteiger partial charge in [-0.05, 0) is 38.0 Å². The number of aromatic amines is 1. The molecule has 1 fully saturated rings. The molecule has 1 N–H and O–H groups in total. The van der Waals surface area contributed by atoms with Gasteiger partial charge in [-0.25, -0.2) is 22.2 Å². The number of benzene rings is 1. The van der Waals surface area contributed by atoms with Crippen molar-refractivity contribution in [2.45, 2.75) is 30.7 Å². The van der Waals surface area contributed by atoms with Crippen LogP contribution in [0.15, 0.2) is 29.3 Å². The van der Waals surface area contributed by atoms with Gasteiger partial charge in [-0.3, -0.25) is 0 Å². The van der Waals surface area contributed by atoms with Crippen molar-refractivity contribution in [3.63, 3.8) is 0 Å². The topological polar surface area (TPSA) is 66.1 Å². The molecule has 0 radical (unpaired) electrons. The number of sulfonamides is 1. The van der Waals surface area contributed by atoms with Gasteiger partial charge < -0.3 is 4.98 Å². The maximum absolute atomic E-state index is 13.3. The highest BCUT2D eigenvalue weighted by atomic mass is 32.2. The maximum Gasteiger partial charge on any atom is 0.243 e. The molecular formula is C14H15F2N3O2S. The van der Waals surface area contributed by atoms with Gasteiger partial charge in [0.15, 0.2) is 11.6 Å². The quantitative estimate of drug-likeness (QED) is 0.942. The van der Waals surface area contributed by atoms with E-state index in [0.717, 1.165) is 17.8 Å². The molecular weight excluding hydrogens is 312 g/mol. The van der Waals surface area contributed by atoms with E-state index in [1.165, 1.54) is 4.31 Å². The molecule has 118 valence electrons. The number of imidazole rings is 1. The average Bonchev–Trinajstić information content (AvgIpc) is 3.10. The summed E-state index contributed by atoms with van der Waals surface area (Å²) in [5.74, 6) is -1.68. The number of aryl methyl sites for hydroxylation is 1. The van der Waals surface area contributed by atoms with Crippen molar-refractivity contribution in [1.82, 2.24) is 14.3 Å². The van der Waals surface area contributed by atoms with Crippen molar-refractivity contribution in [3.05, 3.63) is 47.5 Å². The van der Waals surface area contributed by atoms with Gasteiger partial charge in [0.1, 0.15) is 5.82 Å². The lowest BCUT2D eigenvalue weighted by Gasteiger charge is -2.22. The van der Waals surface area contributed by atoms with Crippen molar-refractivity contribution in [2.24, 2.45) is 0 Å². The van der Waals surface area contributed by atoms with E-state index in [9.17, 15) is 17.2 Å². The molecule has 5 nitrogen and oxygen atoms in total. The number of aromatic nitrogens is 2. The Labute approximate surface area is 127 Å². The molecule has 22 heavy (non-hydrogen) atoms. The van der Waals surface area contributed by atoms with E-state index in [4.69, 9.17) is 0 Å². The lowest BCUT2D eigenvalue weighted by molar-refractivity contribution is 0.384. The molecule has 1 aromatic heterocycles. The van der Waals surface area contributed by atoms with Crippen molar-refractivity contribution >= 4 is 10.0 Å². The van der Waals surface area contributed by atoms with Gasteiger partial charge in [-0.1, -0.05) is 0 Å². The van der Waals surface area contributed by atoms with E-state index < -0.39 is 27.7 Å². The minimum absolute atomic E-state index is 0.249. The Hall–Kier alpha value is -1.80. The summed E-state index contributed by atoms with van der Waals surface area (Å²) >= 11 is 0. The predicted octanol–water partition coefficient (Wildman–Crippen LogP) is 2.52. The van der Waals surface area contributed by atoms with E-state index in [1.807, 2.05) is 6.92 Å². The van der Waals surface area contributed by atoms with Gasteiger partial charge in [0, 0.05) is 18.4 Å². The first kappa shape index (κ1) is 15.1. The van der Waals surface area contributed by atoms with E-state index in [2.05, 4.69) is 9.97 Å². The fourth-order valence-electron chi connectivity index (χ4n) is 2.68. The molecule has 0 saturated carbocycles. The lowest BCUT2D eigenvalue weighted by Crippen LogP contribution is -2.31. The van der Waals surface area contributed by atoms with Gasteiger partial charge in [0.2, 0.25) is 10.0 Å². The molecule has 0 amide bonds. The summed E-state index contributed by atoms with van der Waals surface area (Å²) in [7, 11) is -3.90. The number of nitrogens with zero attached hydrogens (tertiary/aromatic N) is 2. The van der Waals surface area contributed by atoms with Crippen LogP contribution in [0.4, 0.5) is 8.78 Å². The van der Waals surface area contributed by atoms with E-state index in [-0.39, 0.29) is 4.90 Å². The van der Waals surface area contributed by atoms with Crippen molar-refractivity contribution in [2.75, 3.05) is 6.54 Å². The van der Waals surface area contributed by atoms with E-state index in [0.29, 0.717) is 31.3 Å². The van der Waals surface area contributed by atoms with Gasteiger partial charge in [0.25, 0.3) is 0 Å². The number of hydrogen-bond acceptors (Lipinski definition) is 3. The highest BCUT2D eigenvalue weighted by Crippen LogP contribution is 2.35. The molecule has 1 aromatic carbocycles. The Morgan fingerprint density at radius 1 is 1.32 bits per heavy atom. The Balaban J connectivity index is 1.98. The molecule has 1 aliphatic heterocycles. The number of halogens is 2. The van der Waals surface area contributed by atoms with Crippen LogP contribution in [0.25, 0.3) is 0 Å². The predicted molar refractivity (Wildman–Crippen MR) is 75.5 cm³/mol. The van der Waals surface area contributed by atoms with Gasteiger partial charge >= 0.3 is 0 Å². The molecule has 0 unspecified atom stereocenters. The Bertz CT molecular complexity index is 804. The van der Waals surface area contributed by atoms with Crippen molar-refractivity contribution in [3.8, 4) is 0 Å². The largest absolute Gasteiger partial charge is 0.345 e. The summed E-state index contributed by atoms with van der Waals surface area (Å²) in [5.41, 5.74) is 0.840. The summed E-state index contributed by atoms with van der Waals surface area (Å²) in [6.45, 7) is 2.16. The summed E-state index contributed by atoms with van der Waals surface area (Å²) < 4.78 is 53.0. The van der Waals surface area contributed by atoms with Crippen molar-refractivity contribution < 1.29 is 17.2 Å². The third-order valence-electron chi connectivity index (χ3n) is 3.74. The first-order valence-electron chi connectivity index (χ1n) is 6.88. The van der Waals surface area contributed by atoms with Crippen LogP contribution in [-0.4, -0.2) is 29.2 Å². The normalized spacial score (nSPS) is 19.7. The molecule has 2 aromatic rings. The molecule has 1 atom stereocenters. The zero-order valence-electron chi connectivity index (χ0n) is 11.9. The summed E-state index contributed by atoms with van der Waals surface area (Å²) in [5, 5.41) is 0.